The van der Waals surface area contributed by atoms with Crippen LogP contribution in [0.25, 0.3) is 0 Å². The van der Waals surface area contributed by atoms with Gasteiger partial charge in [0.1, 0.15) is 5.78 Å². The molecule has 1 atom stereocenters. The van der Waals surface area contributed by atoms with Crippen molar-refractivity contribution < 1.29 is 9.59 Å². The lowest BCUT2D eigenvalue weighted by atomic mass is 9.94. The predicted molar refractivity (Wildman–Crippen MR) is 71.0 cm³/mol. The fourth-order valence-electron chi connectivity index (χ4n) is 1.69. The summed E-state index contributed by atoms with van der Waals surface area (Å²) in [7, 11) is 0. The molecule has 0 heterocycles. The number of carbonyl (C=O) groups is 2. The zero-order chi connectivity index (χ0) is 13.6. The monoisotopic (exact) mass is 241 g/mol. The second-order valence-corrected chi connectivity index (χ2v) is 5.59. The lowest BCUT2D eigenvalue weighted by Gasteiger charge is -2.22. The quantitative estimate of drug-likeness (QED) is 0.710. The molecule has 1 N–H and O–H groups in total. The van der Waals surface area contributed by atoms with Gasteiger partial charge in [0, 0.05) is 24.3 Å². The molecule has 0 aromatic carbocycles. The molecule has 3 heteroatoms. The third-order valence-electron chi connectivity index (χ3n) is 2.77. The van der Waals surface area contributed by atoms with Gasteiger partial charge < -0.3 is 5.32 Å². The predicted octanol–water partition coefficient (Wildman–Crippen LogP) is 2.58. The molecule has 3 nitrogen and oxygen atoms in total. The summed E-state index contributed by atoms with van der Waals surface area (Å²) in [4.78, 5) is 23.6. The van der Waals surface area contributed by atoms with Crippen LogP contribution in [0.3, 0.4) is 0 Å². The van der Waals surface area contributed by atoms with Gasteiger partial charge in [0.05, 0.1) is 6.04 Å². The summed E-state index contributed by atoms with van der Waals surface area (Å²) in [5.41, 5.74) is 0. The first-order valence-corrected chi connectivity index (χ1v) is 6.58. The maximum absolute atomic E-state index is 12.0. The van der Waals surface area contributed by atoms with E-state index in [0.29, 0.717) is 12.8 Å². The average molecular weight is 241 g/mol. The van der Waals surface area contributed by atoms with Gasteiger partial charge in [-0.3, -0.25) is 9.59 Å². The molecule has 0 aromatic rings. The summed E-state index contributed by atoms with van der Waals surface area (Å²) in [5, 5.41) is 3.25. The number of carbonyl (C=O) groups excluding carboxylic acids is 2. The molecule has 0 bridgehead atoms. The second-order valence-electron chi connectivity index (χ2n) is 5.59. The Labute approximate surface area is 105 Å². The molecule has 0 unspecified atom stereocenters. The zero-order valence-electron chi connectivity index (χ0n) is 12.0. The molecule has 0 aromatic heterocycles. The van der Waals surface area contributed by atoms with Gasteiger partial charge >= 0.3 is 0 Å². The van der Waals surface area contributed by atoms with E-state index >= 15 is 0 Å². The van der Waals surface area contributed by atoms with Crippen molar-refractivity contribution in [1.29, 1.82) is 0 Å². The Morgan fingerprint density at radius 3 is 1.82 bits per heavy atom. The molecule has 0 saturated carbocycles. The van der Waals surface area contributed by atoms with Crippen molar-refractivity contribution in [2.24, 2.45) is 11.8 Å². The number of nitrogens with one attached hydrogen (secondary N) is 1. The Bertz CT molecular complexity index is 257. The third kappa shape index (κ3) is 6.57. The molecule has 0 aliphatic heterocycles. The summed E-state index contributed by atoms with van der Waals surface area (Å²) < 4.78 is 0. The molecule has 0 rings (SSSR count). The van der Waals surface area contributed by atoms with Crippen LogP contribution in [-0.2, 0) is 9.59 Å². The van der Waals surface area contributed by atoms with Crippen molar-refractivity contribution in [3.8, 4) is 0 Å². The molecular weight excluding hydrogens is 214 g/mol. The summed E-state index contributed by atoms with van der Waals surface area (Å²) in [5.74, 6) is 0.511. The topological polar surface area (TPSA) is 46.2 Å². The molecule has 0 aliphatic rings. The Morgan fingerprint density at radius 1 is 0.941 bits per heavy atom. The van der Waals surface area contributed by atoms with Crippen molar-refractivity contribution in [3.05, 3.63) is 0 Å². The number of rotatable bonds is 8. The normalized spacial score (nSPS) is 13.5. The highest BCUT2D eigenvalue weighted by Crippen LogP contribution is 2.10. The molecule has 0 radical (unpaired) electrons. The molecular formula is C14H27NO2. The van der Waals surface area contributed by atoms with Crippen molar-refractivity contribution >= 4 is 11.6 Å². The van der Waals surface area contributed by atoms with E-state index in [-0.39, 0.29) is 35.5 Å². The van der Waals surface area contributed by atoms with E-state index in [1.807, 2.05) is 41.5 Å². The van der Waals surface area contributed by atoms with E-state index in [9.17, 15) is 9.59 Å². The first-order chi connectivity index (χ1) is 7.75. The zero-order valence-corrected chi connectivity index (χ0v) is 12.0. The second kappa shape index (κ2) is 7.59. The molecule has 17 heavy (non-hydrogen) atoms. The Kier molecular flexibility index (Phi) is 7.28. The van der Waals surface area contributed by atoms with Crippen LogP contribution >= 0.6 is 0 Å². The average Bonchev–Trinajstić information content (AvgIpc) is 2.21. The van der Waals surface area contributed by atoms with Gasteiger partial charge in [0.2, 0.25) is 0 Å². The maximum atomic E-state index is 12.0. The minimum absolute atomic E-state index is 0.0143. The first-order valence-electron chi connectivity index (χ1n) is 6.58. The van der Waals surface area contributed by atoms with Crippen molar-refractivity contribution in [2.45, 2.75) is 66.5 Å². The minimum atomic E-state index is -0.183. The number of ketones is 2. The van der Waals surface area contributed by atoms with Gasteiger partial charge in [0.25, 0.3) is 0 Å². The van der Waals surface area contributed by atoms with E-state index in [1.165, 1.54) is 0 Å². The van der Waals surface area contributed by atoms with Crippen LogP contribution in [-0.4, -0.2) is 23.7 Å². The minimum Gasteiger partial charge on any atom is -0.305 e. The van der Waals surface area contributed by atoms with Crippen LogP contribution < -0.4 is 5.32 Å². The highest BCUT2D eigenvalue weighted by atomic mass is 16.1. The van der Waals surface area contributed by atoms with Gasteiger partial charge in [0.15, 0.2) is 5.78 Å². The molecule has 0 fully saturated rings. The van der Waals surface area contributed by atoms with E-state index in [4.69, 9.17) is 0 Å². The number of hydrogen-bond acceptors (Lipinski definition) is 3. The van der Waals surface area contributed by atoms with Crippen LogP contribution in [0.4, 0.5) is 0 Å². The van der Waals surface area contributed by atoms with Crippen LogP contribution in [0.2, 0.25) is 0 Å². The molecule has 0 spiro atoms. The van der Waals surface area contributed by atoms with Crippen LogP contribution in [0, 0.1) is 11.8 Å². The van der Waals surface area contributed by atoms with Crippen LogP contribution in [0.15, 0.2) is 0 Å². The van der Waals surface area contributed by atoms with E-state index in [1.54, 1.807) is 0 Å². The van der Waals surface area contributed by atoms with Crippen LogP contribution in [0.1, 0.15) is 54.4 Å². The van der Waals surface area contributed by atoms with Crippen molar-refractivity contribution in [1.82, 2.24) is 5.32 Å². The Morgan fingerprint density at radius 2 is 1.47 bits per heavy atom. The lowest BCUT2D eigenvalue weighted by Crippen LogP contribution is -2.43. The maximum Gasteiger partial charge on any atom is 0.152 e. The van der Waals surface area contributed by atoms with Gasteiger partial charge in [-0.2, -0.15) is 0 Å². The first kappa shape index (κ1) is 16.3. The number of hydrogen-bond donors (Lipinski definition) is 1. The highest BCUT2D eigenvalue weighted by molar-refractivity contribution is 5.87. The Balaban J connectivity index is 4.39. The third-order valence-corrected chi connectivity index (χ3v) is 2.77. The van der Waals surface area contributed by atoms with Gasteiger partial charge in [-0.25, -0.2) is 0 Å². The fraction of sp³-hybridized carbons (Fsp3) is 0.857. The van der Waals surface area contributed by atoms with Gasteiger partial charge in [-0.15, -0.1) is 0 Å². The smallest absolute Gasteiger partial charge is 0.152 e. The Hall–Kier alpha value is -0.700. The molecule has 0 aliphatic carbocycles. The van der Waals surface area contributed by atoms with Crippen LogP contribution in [0.5, 0.6) is 0 Å². The summed E-state index contributed by atoms with van der Waals surface area (Å²) in [6.07, 6.45) is 1.10. The number of Topliss-reactive ketones (excluding diaryl/α,β-unsaturated/α-hetero) is 2. The molecule has 0 saturated heterocycles. The van der Waals surface area contributed by atoms with Gasteiger partial charge in [-0.1, -0.05) is 41.5 Å². The van der Waals surface area contributed by atoms with Gasteiger partial charge in [-0.05, 0) is 6.42 Å². The summed E-state index contributed by atoms with van der Waals surface area (Å²) >= 11 is 0. The van der Waals surface area contributed by atoms with Crippen molar-refractivity contribution in [3.63, 3.8) is 0 Å². The SMILES string of the molecule is CC(C)N[C@@H](CCC(=O)C(C)C)C(=O)C(C)C. The fourth-order valence-corrected chi connectivity index (χ4v) is 1.69. The largest absolute Gasteiger partial charge is 0.305 e. The van der Waals surface area contributed by atoms with E-state index < -0.39 is 0 Å². The van der Waals surface area contributed by atoms with E-state index in [0.717, 1.165) is 0 Å². The lowest BCUT2D eigenvalue weighted by molar-refractivity contribution is -0.125. The molecule has 0 amide bonds. The summed E-state index contributed by atoms with van der Waals surface area (Å²) in [6.45, 7) is 11.6. The molecule has 100 valence electrons. The van der Waals surface area contributed by atoms with Crippen molar-refractivity contribution in [2.75, 3.05) is 0 Å². The van der Waals surface area contributed by atoms with E-state index in [2.05, 4.69) is 5.32 Å². The standard InChI is InChI=1S/C14H27NO2/c1-9(2)13(16)8-7-12(15-11(5)6)14(17)10(3)4/h9-12,15H,7-8H2,1-6H3/t12-/m0/s1. The highest BCUT2D eigenvalue weighted by Gasteiger charge is 2.22. The summed E-state index contributed by atoms with van der Waals surface area (Å²) in [6, 6.07) is 0.0783.